The molecule has 0 spiro atoms. The van der Waals surface area contributed by atoms with E-state index in [-0.39, 0.29) is 0 Å². The van der Waals surface area contributed by atoms with Crippen molar-refractivity contribution >= 4 is 0 Å². The van der Waals surface area contributed by atoms with Gasteiger partial charge in [-0.25, -0.2) is 10.4 Å². The van der Waals surface area contributed by atoms with E-state index in [2.05, 4.69) is 5.43 Å². The molecule has 0 aliphatic carbocycles. The molecule has 2 atom stereocenters. The van der Waals surface area contributed by atoms with Crippen LogP contribution in [0.1, 0.15) is 26.7 Å². The smallest absolute Gasteiger partial charge is 0.134 e. The van der Waals surface area contributed by atoms with Gasteiger partial charge in [-0.1, -0.05) is 6.92 Å². The van der Waals surface area contributed by atoms with Gasteiger partial charge in [0.05, 0.1) is 0 Å². The van der Waals surface area contributed by atoms with Gasteiger partial charge in [0.2, 0.25) is 0 Å². The minimum atomic E-state index is -0.973. The molecule has 0 aromatic carbocycles. The van der Waals surface area contributed by atoms with E-state index in [1.54, 1.807) is 19.0 Å². The first-order valence-electron chi connectivity index (χ1n) is 3.86. The van der Waals surface area contributed by atoms with Crippen LogP contribution in [0.3, 0.4) is 0 Å². The highest BCUT2D eigenvalue weighted by Gasteiger charge is 2.46. The van der Waals surface area contributed by atoms with Gasteiger partial charge in [-0.05, 0) is 13.3 Å². The summed E-state index contributed by atoms with van der Waals surface area (Å²) in [5.74, 6) is 0. The number of rotatable bonds is 1. The molecule has 0 bridgehead atoms. The second kappa shape index (κ2) is 2.42. The predicted octanol–water partition coefficient (Wildman–Crippen LogP) is -0.366. The summed E-state index contributed by atoms with van der Waals surface area (Å²) in [7, 11) is 1.73. The minimum absolute atomic E-state index is 0.340. The molecule has 1 fully saturated rings. The van der Waals surface area contributed by atoms with E-state index in [0.717, 1.165) is 0 Å². The highest BCUT2D eigenvalue weighted by Crippen LogP contribution is 2.30. The van der Waals surface area contributed by atoms with Crippen molar-refractivity contribution < 1.29 is 10.2 Å². The van der Waals surface area contributed by atoms with Gasteiger partial charge in [0.15, 0.2) is 0 Å². The van der Waals surface area contributed by atoms with Crippen molar-refractivity contribution in [3.8, 4) is 0 Å². The molecule has 66 valence electrons. The maximum Gasteiger partial charge on any atom is 0.134 e. The van der Waals surface area contributed by atoms with E-state index < -0.39 is 11.4 Å². The Bertz CT molecular complexity index is 161. The van der Waals surface area contributed by atoms with Crippen LogP contribution in [0.2, 0.25) is 0 Å². The zero-order valence-electron chi connectivity index (χ0n) is 7.26. The fourth-order valence-electron chi connectivity index (χ4n) is 1.54. The van der Waals surface area contributed by atoms with Crippen LogP contribution in [0, 0.1) is 0 Å². The molecule has 0 saturated carbocycles. The Morgan fingerprint density at radius 1 is 1.55 bits per heavy atom. The summed E-state index contributed by atoms with van der Waals surface area (Å²) >= 11 is 0. The Morgan fingerprint density at radius 3 is 2.27 bits per heavy atom. The Hall–Kier alpha value is -0.160. The molecular weight excluding hydrogens is 144 g/mol. The molecule has 3 N–H and O–H groups in total. The Labute approximate surface area is 66.8 Å². The maximum atomic E-state index is 9.81. The largest absolute Gasteiger partial charge is 0.375 e. The van der Waals surface area contributed by atoms with E-state index in [4.69, 9.17) is 0 Å². The molecule has 11 heavy (non-hydrogen) atoms. The van der Waals surface area contributed by atoms with Crippen LogP contribution in [0.4, 0.5) is 0 Å². The number of nitrogens with one attached hydrogen (secondary N) is 1. The van der Waals surface area contributed by atoms with E-state index in [9.17, 15) is 10.2 Å². The number of hydrazine groups is 1. The molecule has 1 aliphatic heterocycles. The number of nitrogens with zero attached hydrogens (tertiary/aromatic N) is 1. The summed E-state index contributed by atoms with van der Waals surface area (Å²) in [5.41, 5.74) is 0.901. The van der Waals surface area contributed by atoms with Gasteiger partial charge in [-0.3, -0.25) is 0 Å². The van der Waals surface area contributed by atoms with Gasteiger partial charge < -0.3 is 10.2 Å². The summed E-state index contributed by atoms with van der Waals surface area (Å²) in [6.45, 7) is 3.54. The first-order valence-corrected chi connectivity index (χ1v) is 3.86. The summed E-state index contributed by atoms with van der Waals surface area (Å²) in [4.78, 5) is 0. The van der Waals surface area contributed by atoms with Crippen molar-refractivity contribution in [2.45, 2.75) is 38.1 Å². The number of hydrogen-bond donors (Lipinski definition) is 3. The highest BCUT2D eigenvalue weighted by atomic mass is 16.4. The maximum absolute atomic E-state index is 9.81. The molecule has 1 saturated heterocycles. The lowest BCUT2D eigenvalue weighted by Gasteiger charge is -2.27. The highest BCUT2D eigenvalue weighted by molar-refractivity contribution is 4.89. The zero-order chi connectivity index (χ0) is 8.70. The van der Waals surface area contributed by atoms with Crippen LogP contribution in [0.25, 0.3) is 0 Å². The van der Waals surface area contributed by atoms with E-state index in [1.165, 1.54) is 0 Å². The first-order chi connectivity index (χ1) is 4.90. The van der Waals surface area contributed by atoms with Crippen molar-refractivity contribution in [2.24, 2.45) is 0 Å². The monoisotopic (exact) mass is 160 g/mol. The van der Waals surface area contributed by atoms with Gasteiger partial charge in [-0.15, -0.1) is 0 Å². The SMILES string of the molecule is CCC1(O)CC(C)(O)NN1C. The van der Waals surface area contributed by atoms with Crippen molar-refractivity contribution in [1.29, 1.82) is 0 Å². The average Bonchev–Trinajstić information content (AvgIpc) is 2.03. The van der Waals surface area contributed by atoms with Crippen molar-refractivity contribution in [3.63, 3.8) is 0 Å². The molecular formula is C7H16N2O2. The second-order valence-electron chi connectivity index (χ2n) is 3.46. The average molecular weight is 160 g/mol. The molecule has 0 aromatic heterocycles. The molecule has 0 radical (unpaired) electrons. The van der Waals surface area contributed by atoms with Crippen LogP contribution >= 0.6 is 0 Å². The summed E-state index contributed by atoms with van der Waals surface area (Å²) in [6.07, 6.45) is 0.944. The fourth-order valence-corrected chi connectivity index (χ4v) is 1.54. The molecule has 2 unspecified atom stereocenters. The second-order valence-corrected chi connectivity index (χ2v) is 3.46. The van der Waals surface area contributed by atoms with Crippen molar-refractivity contribution in [3.05, 3.63) is 0 Å². The van der Waals surface area contributed by atoms with Crippen LogP contribution in [-0.2, 0) is 0 Å². The molecule has 4 heteroatoms. The molecule has 0 aromatic rings. The normalized spacial score (nSPS) is 46.6. The lowest BCUT2D eigenvalue weighted by atomic mass is 10.0. The zero-order valence-corrected chi connectivity index (χ0v) is 7.26. The Morgan fingerprint density at radius 2 is 2.09 bits per heavy atom. The predicted molar refractivity (Wildman–Crippen MR) is 41.4 cm³/mol. The third-order valence-electron chi connectivity index (χ3n) is 2.23. The van der Waals surface area contributed by atoms with E-state index >= 15 is 0 Å². The van der Waals surface area contributed by atoms with Crippen LogP contribution in [-0.4, -0.2) is 33.7 Å². The minimum Gasteiger partial charge on any atom is -0.375 e. The van der Waals surface area contributed by atoms with E-state index in [1.807, 2.05) is 6.92 Å². The Kier molecular flexibility index (Phi) is 1.96. The van der Waals surface area contributed by atoms with Crippen LogP contribution < -0.4 is 5.43 Å². The van der Waals surface area contributed by atoms with Crippen molar-refractivity contribution in [2.75, 3.05) is 7.05 Å². The van der Waals surface area contributed by atoms with Gasteiger partial charge in [0.25, 0.3) is 0 Å². The third-order valence-corrected chi connectivity index (χ3v) is 2.23. The lowest BCUT2D eigenvalue weighted by Crippen LogP contribution is -2.46. The molecule has 1 heterocycles. The standard InChI is InChI=1S/C7H16N2O2/c1-4-7(11)5-6(2,10)8-9(7)3/h8,10-11H,4-5H2,1-3H3. The summed E-state index contributed by atoms with van der Waals surface area (Å²) in [6, 6.07) is 0. The molecule has 4 nitrogen and oxygen atoms in total. The van der Waals surface area contributed by atoms with Gasteiger partial charge in [0, 0.05) is 13.5 Å². The lowest BCUT2D eigenvalue weighted by molar-refractivity contribution is -0.0868. The topological polar surface area (TPSA) is 55.7 Å². The molecule has 1 aliphatic rings. The molecule has 1 rings (SSSR count). The Balaban J connectivity index is 2.73. The third kappa shape index (κ3) is 1.54. The fraction of sp³-hybridized carbons (Fsp3) is 1.00. The van der Waals surface area contributed by atoms with Crippen LogP contribution in [0.15, 0.2) is 0 Å². The van der Waals surface area contributed by atoms with Crippen LogP contribution in [0.5, 0.6) is 0 Å². The quantitative estimate of drug-likeness (QED) is 0.490. The summed E-state index contributed by atoms with van der Waals surface area (Å²) < 4.78 is 0. The number of aliphatic hydroxyl groups is 2. The van der Waals surface area contributed by atoms with Gasteiger partial charge >= 0.3 is 0 Å². The van der Waals surface area contributed by atoms with Gasteiger partial charge in [-0.2, -0.15) is 0 Å². The number of hydrogen-bond acceptors (Lipinski definition) is 4. The molecule has 0 amide bonds. The van der Waals surface area contributed by atoms with Crippen molar-refractivity contribution in [1.82, 2.24) is 10.4 Å². The van der Waals surface area contributed by atoms with E-state index in [0.29, 0.717) is 12.8 Å². The summed E-state index contributed by atoms with van der Waals surface area (Å²) in [5, 5.41) is 20.9. The first kappa shape index (κ1) is 8.93. The van der Waals surface area contributed by atoms with Gasteiger partial charge in [0.1, 0.15) is 11.4 Å².